The number of rotatable bonds is 2. The fourth-order valence-corrected chi connectivity index (χ4v) is 3.77. The number of fused-ring (bicyclic) bond motifs is 3. The zero-order valence-electron chi connectivity index (χ0n) is 14.7. The van der Waals surface area contributed by atoms with Gasteiger partial charge in [-0.2, -0.15) is 13.2 Å². The fraction of sp³-hybridized carbons (Fsp3) is 0.350. The Morgan fingerprint density at radius 3 is 2.52 bits per heavy atom. The minimum absolute atomic E-state index is 0.0276. The summed E-state index contributed by atoms with van der Waals surface area (Å²) < 4.78 is 44.3. The Bertz CT molecular complexity index is 851. The summed E-state index contributed by atoms with van der Waals surface area (Å²) in [5.41, 5.74) is 0.795. The van der Waals surface area contributed by atoms with Gasteiger partial charge in [-0.3, -0.25) is 9.69 Å². The number of amides is 1. The average Bonchev–Trinajstić information content (AvgIpc) is 3.03. The van der Waals surface area contributed by atoms with Crippen molar-refractivity contribution in [3.8, 4) is 5.75 Å². The summed E-state index contributed by atoms with van der Waals surface area (Å²) in [5, 5.41) is 0. The SMILES string of the molecule is CN1C(=O)[C@@H]2C[C@@H](CN2Cc2ccc(C(F)(F)F)cc2)Oc2ccccc21. The molecule has 4 rings (SSSR count). The summed E-state index contributed by atoms with van der Waals surface area (Å²) in [6, 6.07) is 12.2. The van der Waals surface area contributed by atoms with E-state index in [9.17, 15) is 18.0 Å². The molecule has 2 atom stereocenters. The van der Waals surface area contributed by atoms with Crippen LogP contribution in [0.25, 0.3) is 0 Å². The first-order chi connectivity index (χ1) is 12.8. The molecule has 0 N–H and O–H groups in total. The molecule has 0 radical (unpaired) electrons. The van der Waals surface area contributed by atoms with Crippen molar-refractivity contribution in [2.75, 3.05) is 18.5 Å². The zero-order valence-corrected chi connectivity index (χ0v) is 14.7. The van der Waals surface area contributed by atoms with Gasteiger partial charge in [0, 0.05) is 26.6 Å². The average molecular weight is 376 g/mol. The molecule has 2 heterocycles. The Balaban J connectivity index is 1.56. The summed E-state index contributed by atoms with van der Waals surface area (Å²) in [4.78, 5) is 16.6. The van der Waals surface area contributed by atoms with Crippen LogP contribution in [0.4, 0.5) is 18.9 Å². The molecule has 7 heteroatoms. The number of ether oxygens (including phenoxy) is 1. The van der Waals surface area contributed by atoms with Crippen LogP contribution in [-0.2, 0) is 17.5 Å². The van der Waals surface area contributed by atoms with Gasteiger partial charge in [0.25, 0.3) is 0 Å². The molecule has 1 amide bonds. The van der Waals surface area contributed by atoms with Gasteiger partial charge in [-0.1, -0.05) is 24.3 Å². The summed E-state index contributed by atoms with van der Waals surface area (Å²) >= 11 is 0. The maximum Gasteiger partial charge on any atom is 0.416 e. The number of carbonyl (C=O) groups excluding carboxylic acids is 1. The van der Waals surface area contributed by atoms with Gasteiger partial charge >= 0.3 is 6.18 Å². The number of likely N-dealkylation sites (N-methyl/N-ethyl adjacent to an activating group) is 1. The first kappa shape index (κ1) is 17.9. The monoisotopic (exact) mass is 376 g/mol. The lowest BCUT2D eigenvalue weighted by atomic mass is 10.1. The highest BCUT2D eigenvalue weighted by molar-refractivity contribution is 5.98. The lowest BCUT2D eigenvalue weighted by molar-refractivity contribution is -0.137. The molecule has 0 aliphatic carbocycles. The van der Waals surface area contributed by atoms with Gasteiger partial charge in [0.05, 0.1) is 17.3 Å². The quantitative estimate of drug-likeness (QED) is 0.801. The minimum Gasteiger partial charge on any atom is -0.487 e. The van der Waals surface area contributed by atoms with Crippen LogP contribution in [0.15, 0.2) is 48.5 Å². The summed E-state index contributed by atoms with van der Waals surface area (Å²) in [5.74, 6) is 0.647. The molecule has 0 saturated carbocycles. The molecule has 2 bridgehead atoms. The number of para-hydroxylation sites is 2. The maximum absolute atomic E-state index is 13.0. The van der Waals surface area contributed by atoms with Gasteiger partial charge in [-0.05, 0) is 29.8 Å². The Morgan fingerprint density at radius 2 is 1.81 bits per heavy atom. The van der Waals surface area contributed by atoms with Gasteiger partial charge in [-0.25, -0.2) is 0 Å². The Hall–Kier alpha value is -2.54. The van der Waals surface area contributed by atoms with E-state index >= 15 is 0 Å². The standard InChI is InChI=1S/C20H19F3N2O2/c1-24-16-4-2-3-5-18(16)27-15-10-17(19(24)26)25(12-15)11-13-6-8-14(9-7-13)20(21,22)23/h2-9,15,17H,10-12H2,1H3/t15-,17-/m0/s1. The van der Waals surface area contributed by atoms with Gasteiger partial charge in [-0.15, -0.1) is 0 Å². The highest BCUT2D eigenvalue weighted by atomic mass is 19.4. The molecule has 2 aliphatic rings. The first-order valence-electron chi connectivity index (χ1n) is 8.76. The topological polar surface area (TPSA) is 32.8 Å². The molecule has 0 aromatic heterocycles. The molecule has 2 aromatic rings. The predicted octanol–water partition coefficient (Wildman–Crippen LogP) is 3.70. The number of anilines is 1. The van der Waals surface area contributed by atoms with E-state index in [0.717, 1.165) is 23.4 Å². The van der Waals surface area contributed by atoms with Crippen molar-refractivity contribution in [1.82, 2.24) is 4.90 Å². The number of alkyl halides is 3. The van der Waals surface area contributed by atoms with E-state index in [1.54, 1.807) is 11.9 Å². The van der Waals surface area contributed by atoms with Crippen molar-refractivity contribution >= 4 is 11.6 Å². The van der Waals surface area contributed by atoms with Crippen LogP contribution in [0.3, 0.4) is 0 Å². The van der Waals surface area contributed by atoms with Crippen molar-refractivity contribution in [2.45, 2.75) is 31.3 Å². The Labute approximate surface area is 155 Å². The number of halogens is 3. The Morgan fingerprint density at radius 1 is 1.11 bits per heavy atom. The van der Waals surface area contributed by atoms with Gasteiger partial charge in [0.2, 0.25) is 5.91 Å². The molecule has 1 fully saturated rings. The molecule has 27 heavy (non-hydrogen) atoms. The Kier molecular flexibility index (Phi) is 4.34. The van der Waals surface area contributed by atoms with Gasteiger partial charge < -0.3 is 9.64 Å². The highest BCUT2D eigenvalue weighted by Crippen LogP contribution is 2.36. The van der Waals surface area contributed by atoms with E-state index in [1.807, 2.05) is 29.2 Å². The van der Waals surface area contributed by atoms with E-state index in [-0.39, 0.29) is 18.1 Å². The van der Waals surface area contributed by atoms with Crippen molar-refractivity contribution in [1.29, 1.82) is 0 Å². The fourth-order valence-electron chi connectivity index (χ4n) is 3.77. The summed E-state index contributed by atoms with van der Waals surface area (Å²) in [6.45, 7) is 0.957. The third-order valence-electron chi connectivity index (χ3n) is 5.17. The molecular formula is C20H19F3N2O2. The smallest absolute Gasteiger partial charge is 0.416 e. The summed E-state index contributed by atoms with van der Waals surface area (Å²) in [7, 11) is 1.72. The number of carbonyl (C=O) groups is 1. The summed E-state index contributed by atoms with van der Waals surface area (Å²) in [6.07, 6.45) is -3.90. The van der Waals surface area contributed by atoms with E-state index in [4.69, 9.17) is 4.74 Å². The van der Waals surface area contributed by atoms with Crippen molar-refractivity contribution in [3.05, 3.63) is 59.7 Å². The zero-order chi connectivity index (χ0) is 19.2. The second kappa shape index (κ2) is 6.56. The first-order valence-corrected chi connectivity index (χ1v) is 8.76. The van der Waals surface area contributed by atoms with Crippen molar-refractivity contribution in [3.63, 3.8) is 0 Å². The normalized spacial score (nSPS) is 22.8. The maximum atomic E-state index is 13.0. The second-order valence-corrected chi connectivity index (χ2v) is 6.98. The van der Waals surface area contributed by atoms with Gasteiger partial charge in [0.15, 0.2) is 0 Å². The van der Waals surface area contributed by atoms with Crippen LogP contribution < -0.4 is 9.64 Å². The predicted molar refractivity (Wildman–Crippen MR) is 94.5 cm³/mol. The van der Waals surface area contributed by atoms with Gasteiger partial charge in [0.1, 0.15) is 11.9 Å². The lowest BCUT2D eigenvalue weighted by Crippen LogP contribution is -2.44. The third-order valence-corrected chi connectivity index (χ3v) is 5.17. The molecule has 2 aromatic carbocycles. The molecule has 4 nitrogen and oxygen atoms in total. The number of nitrogens with zero attached hydrogens (tertiary/aromatic N) is 2. The molecule has 2 aliphatic heterocycles. The molecule has 0 unspecified atom stereocenters. The molecule has 0 spiro atoms. The second-order valence-electron chi connectivity index (χ2n) is 6.98. The van der Waals surface area contributed by atoms with Crippen molar-refractivity contribution in [2.24, 2.45) is 0 Å². The highest BCUT2D eigenvalue weighted by Gasteiger charge is 2.41. The largest absolute Gasteiger partial charge is 0.487 e. The van der Waals surface area contributed by atoms with E-state index in [0.29, 0.717) is 25.3 Å². The van der Waals surface area contributed by atoms with E-state index in [2.05, 4.69) is 0 Å². The van der Waals surface area contributed by atoms with Crippen LogP contribution in [0.5, 0.6) is 5.75 Å². The number of hydrogen-bond acceptors (Lipinski definition) is 3. The molecule has 1 saturated heterocycles. The van der Waals surface area contributed by atoms with Crippen LogP contribution in [0.1, 0.15) is 17.5 Å². The molecular weight excluding hydrogens is 357 g/mol. The van der Waals surface area contributed by atoms with Crippen molar-refractivity contribution < 1.29 is 22.7 Å². The number of hydrogen-bond donors (Lipinski definition) is 0. The lowest BCUT2D eigenvalue weighted by Gasteiger charge is -2.29. The number of benzene rings is 2. The molecule has 142 valence electrons. The van der Waals surface area contributed by atoms with Crippen LogP contribution in [0.2, 0.25) is 0 Å². The van der Waals surface area contributed by atoms with Crippen LogP contribution in [0, 0.1) is 0 Å². The number of likely N-dealkylation sites (tertiary alicyclic amines) is 1. The van der Waals surface area contributed by atoms with Crippen LogP contribution >= 0.6 is 0 Å². The van der Waals surface area contributed by atoms with E-state index in [1.165, 1.54) is 12.1 Å². The minimum atomic E-state index is -4.35. The van der Waals surface area contributed by atoms with E-state index < -0.39 is 11.7 Å². The van der Waals surface area contributed by atoms with Crippen LogP contribution in [-0.4, -0.2) is 36.5 Å². The third kappa shape index (κ3) is 3.39.